The average Bonchev–Trinajstić information content (AvgIpc) is 3.34. The van der Waals surface area contributed by atoms with Crippen molar-refractivity contribution in [3.8, 4) is 0 Å². The third-order valence-electron chi connectivity index (χ3n) is 7.36. The van der Waals surface area contributed by atoms with Gasteiger partial charge < -0.3 is 24.0 Å². The zero-order valence-corrected chi connectivity index (χ0v) is 21.1. The quantitative estimate of drug-likeness (QED) is 0.471. The van der Waals surface area contributed by atoms with Crippen molar-refractivity contribution in [3.05, 3.63) is 82.0 Å². The lowest BCUT2D eigenvalue weighted by Crippen LogP contribution is -2.40. The summed E-state index contributed by atoms with van der Waals surface area (Å²) in [6, 6.07) is 13.6. The third-order valence-corrected chi connectivity index (χ3v) is 7.36. The lowest BCUT2D eigenvalue weighted by Gasteiger charge is -2.36. The van der Waals surface area contributed by atoms with Gasteiger partial charge in [-0.3, -0.25) is 0 Å². The molecule has 38 heavy (non-hydrogen) atoms. The monoisotopic (exact) mass is 526 g/mol. The minimum atomic E-state index is -4.41. The van der Waals surface area contributed by atoms with Crippen LogP contribution in [0.1, 0.15) is 45.7 Å². The van der Waals surface area contributed by atoms with Crippen LogP contribution in [0.5, 0.6) is 0 Å². The molecule has 1 aromatic heterocycles. The number of halogens is 3. The molecule has 3 aromatic rings. The van der Waals surface area contributed by atoms with Crippen molar-refractivity contribution in [3.63, 3.8) is 0 Å². The molecule has 2 aromatic carbocycles. The number of hydrogen-bond acceptors (Lipinski definition) is 7. The van der Waals surface area contributed by atoms with Gasteiger partial charge in [0.2, 0.25) is 5.95 Å². The Hall–Kier alpha value is -3.21. The summed E-state index contributed by atoms with van der Waals surface area (Å²) in [5.41, 5.74) is 4.08. The molecule has 0 aliphatic carbocycles. The number of ether oxygens (including phenoxy) is 3. The molecule has 0 saturated carbocycles. The maximum atomic E-state index is 13.3. The van der Waals surface area contributed by atoms with Gasteiger partial charge in [-0.1, -0.05) is 36.4 Å². The maximum absolute atomic E-state index is 13.3. The van der Waals surface area contributed by atoms with Crippen molar-refractivity contribution in [2.45, 2.75) is 38.0 Å². The van der Waals surface area contributed by atoms with Gasteiger partial charge in [0.15, 0.2) is 0 Å². The van der Waals surface area contributed by atoms with Gasteiger partial charge in [-0.15, -0.1) is 0 Å². The van der Waals surface area contributed by atoms with Crippen molar-refractivity contribution in [2.24, 2.45) is 0 Å². The van der Waals surface area contributed by atoms with Crippen LogP contribution in [0.3, 0.4) is 0 Å². The Kier molecular flexibility index (Phi) is 6.71. The minimum Gasteiger partial charge on any atom is -0.376 e. The molecule has 4 heterocycles. The molecule has 10 heteroatoms. The Morgan fingerprint density at radius 3 is 2.76 bits per heavy atom. The van der Waals surface area contributed by atoms with Crippen LogP contribution < -0.4 is 9.80 Å². The van der Waals surface area contributed by atoms with Crippen LogP contribution in [0.15, 0.2) is 48.5 Å². The number of hydrogen-bond donors (Lipinski definition) is 0. The summed E-state index contributed by atoms with van der Waals surface area (Å²) in [5.74, 6) is 1.35. The summed E-state index contributed by atoms with van der Waals surface area (Å²) in [6.45, 7) is 3.50. The highest BCUT2D eigenvalue weighted by Gasteiger charge is 2.33. The number of morpholine rings is 1. The minimum absolute atomic E-state index is 0.0729. The molecular weight excluding hydrogens is 497 g/mol. The standard InChI is InChI=1S/C28H29F3N4O3/c1-34(14-25-21-8-3-2-5-19(21)16-38-25)27-32-23-9-11-36-17-22(23)26(33-27)35-10-12-37-24(15-35)18-6-4-7-20(13-18)28(29,30)31/h2-8,13,24-25H,9-12,14-17H2,1H3. The van der Waals surface area contributed by atoms with E-state index in [-0.39, 0.29) is 6.10 Å². The Morgan fingerprint density at radius 1 is 1.03 bits per heavy atom. The fourth-order valence-electron chi connectivity index (χ4n) is 5.33. The number of alkyl halides is 3. The molecule has 1 saturated heterocycles. The molecule has 0 radical (unpaired) electrons. The SMILES string of the molecule is CN(CC1OCc2ccccc21)c1nc2c(c(N3CCOC(c4cccc(C(F)(F)F)c4)C3)n1)COCC2. The molecule has 2 unspecified atom stereocenters. The molecule has 3 aliphatic rings. The van der Waals surface area contributed by atoms with Crippen molar-refractivity contribution >= 4 is 11.8 Å². The first-order valence-electron chi connectivity index (χ1n) is 12.8. The second-order valence-electron chi connectivity index (χ2n) is 9.88. The lowest BCUT2D eigenvalue weighted by atomic mass is 10.0. The maximum Gasteiger partial charge on any atom is 0.416 e. The Balaban J connectivity index is 1.27. The van der Waals surface area contributed by atoms with E-state index in [2.05, 4.69) is 17.0 Å². The number of aromatic nitrogens is 2. The molecular formula is C28H29F3N4O3. The van der Waals surface area contributed by atoms with E-state index >= 15 is 0 Å². The predicted molar refractivity (Wildman–Crippen MR) is 135 cm³/mol. The molecule has 0 spiro atoms. The van der Waals surface area contributed by atoms with E-state index in [4.69, 9.17) is 24.2 Å². The van der Waals surface area contributed by atoms with Gasteiger partial charge in [0.05, 0.1) is 44.2 Å². The zero-order chi connectivity index (χ0) is 26.3. The van der Waals surface area contributed by atoms with E-state index in [1.807, 2.05) is 24.1 Å². The highest BCUT2D eigenvalue weighted by molar-refractivity contribution is 5.54. The molecule has 0 amide bonds. The molecule has 200 valence electrons. The molecule has 3 aliphatic heterocycles. The van der Waals surface area contributed by atoms with Gasteiger partial charge in [0.1, 0.15) is 18.0 Å². The Labute approximate surface area is 219 Å². The summed E-state index contributed by atoms with van der Waals surface area (Å²) in [6.07, 6.45) is -4.31. The first-order valence-corrected chi connectivity index (χ1v) is 12.8. The van der Waals surface area contributed by atoms with Gasteiger partial charge >= 0.3 is 6.18 Å². The van der Waals surface area contributed by atoms with Gasteiger partial charge in [-0.25, -0.2) is 4.98 Å². The fraction of sp³-hybridized carbons (Fsp3) is 0.429. The predicted octanol–water partition coefficient (Wildman–Crippen LogP) is 4.85. The zero-order valence-electron chi connectivity index (χ0n) is 21.1. The molecule has 7 nitrogen and oxygen atoms in total. The van der Waals surface area contributed by atoms with Gasteiger partial charge in [0, 0.05) is 32.1 Å². The number of rotatable bonds is 5. The van der Waals surface area contributed by atoms with E-state index in [9.17, 15) is 13.2 Å². The Morgan fingerprint density at radius 2 is 1.89 bits per heavy atom. The van der Waals surface area contributed by atoms with Gasteiger partial charge in [0.25, 0.3) is 0 Å². The second-order valence-corrected chi connectivity index (χ2v) is 9.88. The van der Waals surface area contributed by atoms with Crippen LogP contribution >= 0.6 is 0 Å². The van der Waals surface area contributed by atoms with E-state index in [1.54, 1.807) is 6.07 Å². The summed E-state index contributed by atoms with van der Waals surface area (Å²) in [5, 5.41) is 0. The Bertz CT molecular complexity index is 1320. The van der Waals surface area contributed by atoms with Crippen LogP contribution in [-0.2, 0) is 40.0 Å². The van der Waals surface area contributed by atoms with E-state index in [1.165, 1.54) is 23.3 Å². The molecule has 2 atom stereocenters. The van der Waals surface area contributed by atoms with Crippen LogP contribution in [0, 0.1) is 0 Å². The van der Waals surface area contributed by atoms with E-state index < -0.39 is 17.8 Å². The number of nitrogens with zero attached hydrogens (tertiary/aromatic N) is 4. The highest BCUT2D eigenvalue weighted by Crippen LogP contribution is 2.36. The molecule has 0 N–H and O–H groups in total. The van der Waals surface area contributed by atoms with Crippen molar-refractivity contribution < 1.29 is 27.4 Å². The van der Waals surface area contributed by atoms with Gasteiger partial charge in [-0.2, -0.15) is 18.2 Å². The second kappa shape index (κ2) is 10.2. The number of anilines is 2. The van der Waals surface area contributed by atoms with Crippen molar-refractivity contribution in [2.75, 3.05) is 49.7 Å². The number of fused-ring (bicyclic) bond motifs is 2. The van der Waals surface area contributed by atoms with E-state index in [0.29, 0.717) is 64.0 Å². The smallest absolute Gasteiger partial charge is 0.376 e. The van der Waals surface area contributed by atoms with Crippen LogP contribution in [-0.4, -0.2) is 49.9 Å². The van der Waals surface area contributed by atoms with Crippen LogP contribution in [0.2, 0.25) is 0 Å². The summed E-state index contributed by atoms with van der Waals surface area (Å²) < 4.78 is 57.7. The average molecular weight is 527 g/mol. The summed E-state index contributed by atoms with van der Waals surface area (Å²) in [4.78, 5) is 13.9. The van der Waals surface area contributed by atoms with Crippen LogP contribution in [0.25, 0.3) is 0 Å². The molecule has 0 bridgehead atoms. The van der Waals surface area contributed by atoms with Gasteiger partial charge in [-0.05, 0) is 28.8 Å². The summed E-state index contributed by atoms with van der Waals surface area (Å²) in [7, 11) is 1.96. The lowest BCUT2D eigenvalue weighted by molar-refractivity contribution is -0.137. The number of likely N-dealkylation sites (N-methyl/N-ethyl adjacent to an activating group) is 1. The van der Waals surface area contributed by atoms with Crippen molar-refractivity contribution in [1.82, 2.24) is 9.97 Å². The molecule has 6 rings (SSSR count). The summed E-state index contributed by atoms with van der Waals surface area (Å²) >= 11 is 0. The molecule has 1 fully saturated rings. The van der Waals surface area contributed by atoms with Crippen molar-refractivity contribution in [1.29, 1.82) is 0 Å². The first-order chi connectivity index (χ1) is 18.4. The van der Waals surface area contributed by atoms with Crippen LogP contribution in [0.4, 0.5) is 24.9 Å². The third kappa shape index (κ3) is 4.95. The highest BCUT2D eigenvalue weighted by atomic mass is 19.4. The number of benzene rings is 2. The fourth-order valence-corrected chi connectivity index (χ4v) is 5.33. The van der Waals surface area contributed by atoms with E-state index in [0.717, 1.165) is 23.1 Å². The normalized spacial score (nSPS) is 21.2. The topological polar surface area (TPSA) is 60.0 Å². The first kappa shape index (κ1) is 25.1. The largest absolute Gasteiger partial charge is 0.416 e.